The molecule has 4 nitrogen and oxygen atoms in total. The van der Waals surface area contributed by atoms with Crippen molar-refractivity contribution < 1.29 is 0 Å². The highest BCUT2D eigenvalue weighted by atomic mass is 32.1. The molecule has 1 unspecified atom stereocenters. The SMILES string of the molecule is c1ccc(C(Nc2cnccn2)c2nccs2)cc1. The van der Waals surface area contributed by atoms with Crippen molar-refractivity contribution in [3.05, 3.63) is 71.1 Å². The topological polar surface area (TPSA) is 50.7 Å². The van der Waals surface area contributed by atoms with Crippen LogP contribution < -0.4 is 5.32 Å². The maximum atomic E-state index is 4.40. The first-order valence-electron chi connectivity index (χ1n) is 5.90. The van der Waals surface area contributed by atoms with E-state index in [1.54, 1.807) is 29.9 Å². The van der Waals surface area contributed by atoms with Gasteiger partial charge in [-0.15, -0.1) is 11.3 Å². The van der Waals surface area contributed by atoms with E-state index >= 15 is 0 Å². The zero-order valence-electron chi connectivity index (χ0n) is 10.1. The molecule has 94 valence electrons. The summed E-state index contributed by atoms with van der Waals surface area (Å²) in [7, 11) is 0. The van der Waals surface area contributed by atoms with Crippen LogP contribution in [0, 0.1) is 0 Å². The Hall–Kier alpha value is -2.27. The van der Waals surface area contributed by atoms with Gasteiger partial charge in [0.2, 0.25) is 0 Å². The minimum absolute atomic E-state index is 0.00194. The van der Waals surface area contributed by atoms with Gasteiger partial charge in [-0.3, -0.25) is 4.98 Å². The van der Waals surface area contributed by atoms with Crippen LogP contribution in [0.4, 0.5) is 5.82 Å². The number of anilines is 1. The maximum Gasteiger partial charge on any atom is 0.145 e. The third-order valence-electron chi connectivity index (χ3n) is 2.69. The number of rotatable bonds is 4. The van der Waals surface area contributed by atoms with Crippen LogP contribution >= 0.6 is 11.3 Å². The second-order valence-electron chi connectivity index (χ2n) is 3.95. The molecule has 0 saturated heterocycles. The second kappa shape index (κ2) is 5.58. The van der Waals surface area contributed by atoms with Gasteiger partial charge in [-0.2, -0.15) is 0 Å². The van der Waals surface area contributed by atoms with Crippen LogP contribution in [-0.2, 0) is 0 Å². The van der Waals surface area contributed by atoms with Gasteiger partial charge in [-0.05, 0) is 5.56 Å². The van der Waals surface area contributed by atoms with E-state index in [9.17, 15) is 0 Å². The van der Waals surface area contributed by atoms with Gasteiger partial charge < -0.3 is 5.32 Å². The first-order chi connectivity index (χ1) is 9.43. The molecule has 0 fully saturated rings. The molecule has 0 aliphatic carbocycles. The van der Waals surface area contributed by atoms with Gasteiger partial charge in [0.15, 0.2) is 0 Å². The lowest BCUT2D eigenvalue weighted by atomic mass is 10.1. The molecule has 0 bridgehead atoms. The van der Waals surface area contributed by atoms with E-state index in [1.807, 2.05) is 29.8 Å². The Morgan fingerprint density at radius 2 is 1.89 bits per heavy atom. The van der Waals surface area contributed by atoms with Crippen molar-refractivity contribution in [1.29, 1.82) is 0 Å². The van der Waals surface area contributed by atoms with Gasteiger partial charge >= 0.3 is 0 Å². The molecule has 0 spiro atoms. The number of aromatic nitrogens is 3. The first-order valence-corrected chi connectivity index (χ1v) is 6.78. The maximum absolute atomic E-state index is 4.40. The molecule has 0 aliphatic rings. The zero-order chi connectivity index (χ0) is 12.9. The quantitative estimate of drug-likeness (QED) is 0.789. The van der Waals surface area contributed by atoms with E-state index in [1.165, 1.54) is 0 Å². The molecule has 2 heterocycles. The fraction of sp³-hybridized carbons (Fsp3) is 0.0714. The highest BCUT2D eigenvalue weighted by Crippen LogP contribution is 2.26. The standard InChI is InChI=1S/C14H12N4S/c1-2-4-11(5-3-1)13(14-17-8-9-19-14)18-12-10-15-6-7-16-12/h1-10,13H,(H,16,18). The molecule has 1 aromatic carbocycles. The number of nitrogens with one attached hydrogen (secondary N) is 1. The summed E-state index contributed by atoms with van der Waals surface area (Å²) < 4.78 is 0. The lowest BCUT2D eigenvalue weighted by molar-refractivity contribution is 0.906. The van der Waals surface area contributed by atoms with Gasteiger partial charge in [-0.25, -0.2) is 9.97 Å². The van der Waals surface area contributed by atoms with E-state index in [0.29, 0.717) is 0 Å². The largest absolute Gasteiger partial charge is 0.356 e. The van der Waals surface area contributed by atoms with E-state index in [-0.39, 0.29) is 6.04 Å². The van der Waals surface area contributed by atoms with E-state index in [2.05, 4.69) is 32.4 Å². The van der Waals surface area contributed by atoms with Crippen molar-refractivity contribution in [2.75, 3.05) is 5.32 Å². The Labute approximate surface area is 115 Å². The van der Waals surface area contributed by atoms with Crippen molar-refractivity contribution in [2.24, 2.45) is 0 Å². The van der Waals surface area contributed by atoms with Crippen LogP contribution in [0.25, 0.3) is 0 Å². The van der Waals surface area contributed by atoms with Crippen molar-refractivity contribution in [3.8, 4) is 0 Å². The van der Waals surface area contributed by atoms with E-state index in [0.717, 1.165) is 16.4 Å². The lowest BCUT2D eigenvalue weighted by Gasteiger charge is -2.17. The molecule has 19 heavy (non-hydrogen) atoms. The third-order valence-corrected chi connectivity index (χ3v) is 3.53. The molecule has 0 amide bonds. The molecular formula is C14H12N4S. The van der Waals surface area contributed by atoms with E-state index < -0.39 is 0 Å². The average Bonchev–Trinajstić information content (AvgIpc) is 3.01. The van der Waals surface area contributed by atoms with Crippen LogP contribution in [0.3, 0.4) is 0 Å². The van der Waals surface area contributed by atoms with Gasteiger partial charge in [-0.1, -0.05) is 30.3 Å². The average molecular weight is 268 g/mol. The Kier molecular flexibility index (Phi) is 3.47. The van der Waals surface area contributed by atoms with Gasteiger partial charge in [0, 0.05) is 24.0 Å². The predicted molar refractivity (Wildman–Crippen MR) is 76.1 cm³/mol. The van der Waals surface area contributed by atoms with E-state index in [4.69, 9.17) is 0 Å². The summed E-state index contributed by atoms with van der Waals surface area (Å²) in [5, 5.41) is 6.36. The fourth-order valence-electron chi connectivity index (χ4n) is 1.83. The minimum Gasteiger partial charge on any atom is -0.356 e. The predicted octanol–water partition coefficient (Wildman–Crippen LogP) is 3.13. The summed E-state index contributed by atoms with van der Waals surface area (Å²) in [4.78, 5) is 12.7. The summed E-state index contributed by atoms with van der Waals surface area (Å²) in [5.74, 6) is 0.742. The zero-order valence-corrected chi connectivity index (χ0v) is 10.9. The minimum atomic E-state index is -0.00194. The molecule has 0 radical (unpaired) electrons. The summed E-state index contributed by atoms with van der Waals surface area (Å²) in [5.41, 5.74) is 1.16. The number of nitrogens with zero attached hydrogens (tertiary/aromatic N) is 3. The van der Waals surface area contributed by atoms with Crippen LogP contribution in [0.2, 0.25) is 0 Å². The third kappa shape index (κ3) is 2.77. The second-order valence-corrected chi connectivity index (χ2v) is 4.88. The van der Waals surface area contributed by atoms with Crippen molar-refractivity contribution in [2.45, 2.75) is 6.04 Å². The monoisotopic (exact) mass is 268 g/mol. The van der Waals surface area contributed by atoms with Gasteiger partial charge in [0.05, 0.1) is 6.20 Å². The molecular weight excluding hydrogens is 256 g/mol. The van der Waals surface area contributed by atoms with Crippen molar-refractivity contribution >= 4 is 17.2 Å². The smallest absolute Gasteiger partial charge is 0.145 e. The Morgan fingerprint density at radius 3 is 2.58 bits per heavy atom. The Bertz CT molecular complexity index is 610. The highest BCUT2D eigenvalue weighted by Gasteiger charge is 2.16. The van der Waals surface area contributed by atoms with Crippen LogP contribution in [-0.4, -0.2) is 15.0 Å². The molecule has 5 heteroatoms. The van der Waals surface area contributed by atoms with Crippen molar-refractivity contribution in [1.82, 2.24) is 15.0 Å². The summed E-state index contributed by atoms with van der Waals surface area (Å²) in [6, 6.07) is 10.2. The fourth-order valence-corrected chi connectivity index (χ4v) is 2.55. The summed E-state index contributed by atoms with van der Waals surface area (Å²) >= 11 is 1.62. The summed E-state index contributed by atoms with van der Waals surface area (Å²) in [6.45, 7) is 0. The van der Waals surface area contributed by atoms with Crippen LogP contribution in [0.5, 0.6) is 0 Å². The number of benzene rings is 1. The lowest BCUT2D eigenvalue weighted by Crippen LogP contribution is -2.13. The molecule has 1 N–H and O–H groups in total. The molecule has 1 atom stereocenters. The normalized spacial score (nSPS) is 12.0. The molecule has 0 aliphatic heterocycles. The number of thiazole rings is 1. The molecule has 3 rings (SSSR count). The number of hydrogen-bond donors (Lipinski definition) is 1. The first kappa shape index (κ1) is 11.8. The molecule has 2 aromatic heterocycles. The van der Waals surface area contributed by atoms with Crippen LogP contribution in [0.1, 0.15) is 16.6 Å². The van der Waals surface area contributed by atoms with Gasteiger partial charge in [0.25, 0.3) is 0 Å². The van der Waals surface area contributed by atoms with Crippen LogP contribution in [0.15, 0.2) is 60.5 Å². The highest BCUT2D eigenvalue weighted by molar-refractivity contribution is 7.09. The summed E-state index contributed by atoms with van der Waals surface area (Å²) in [6.07, 6.45) is 6.86. The Morgan fingerprint density at radius 1 is 1.00 bits per heavy atom. The number of hydrogen-bond acceptors (Lipinski definition) is 5. The Balaban J connectivity index is 1.94. The van der Waals surface area contributed by atoms with Gasteiger partial charge in [0.1, 0.15) is 16.9 Å². The molecule has 3 aromatic rings. The molecule has 0 saturated carbocycles. The van der Waals surface area contributed by atoms with Crippen molar-refractivity contribution in [3.63, 3.8) is 0 Å².